The van der Waals surface area contributed by atoms with Gasteiger partial charge in [0.15, 0.2) is 9.84 Å². The number of carbonyl (C=O) groups excluding carboxylic acids is 1. The SMILES string of the molecule is Cc1ccc(S(=O)(=O)C2CCCNC(=O)C2)cc1. The summed E-state index contributed by atoms with van der Waals surface area (Å²) in [4.78, 5) is 11.8. The molecule has 0 radical (unpaired) electrons. The van der Waals surface area contributed by atoms with E-state index >= 15 is 0 Å². The third kappa shape index (κ3) is 2.72. The Morgan fingerprint density at radius 2 is 1.89 bits per heavy atom. The van der Waals surface area contributed by atoms with Crippen molar-refractivity contribution in [3.63, 3.8) is 0 Å². The second kappa shape index (κ2) is 5.10. The first kappa shape index (κ1) is 13.1. The van der Waals surface area contributed by atoms with E-state index in [9.17, 15) is 13.2 Å². The zero-order valence-electron chi connectivity index (χ0n) is 10.3. The molecular formula is C13H17NO3S. The van der Waals surface area contributed by atoms with Crippen molar-refractivity contribution in [3.05, 3.63) is 29.8 Å². The smallest absolute Gasteiger partial charge is 0.221 e. The van der Waals surface area contributed by atoms with E-state index < -0.39 is 15.1 Å². The van der Waals surface area contributed by atoms with E-state index in [0.29, 0.717) is 24.3 Å². The van der Waals surface area contributed by atoms with Crippen molar-refractivity contribution in [3.8, 4) is 0 Å². The van der Waals surface area contributed by atoms with E-state index in [1.54, 1.807) is 24.3 Å². The van der Waals surface area contributed by atoms with Gasteiger partial charge in [-0.15, -0.1) is 0 Å². The summed E-state index contributed by atoms with van der Waals surface area (Å²) in [7, 11) is -3.40. The number of nitrogens with one attached hydrogen (secondary N) is 1. The molecule has 98 valence electrons. The molecule has 2 rings (SSSR count). The van der Waals surface area contributed by atoms with Crippen molar-refractivity contribution in [2.45, 2.75) is 36.3 Å². The lowest BCUT2D eigenvalue weighted by Crippen LogP contribution is -2.27. The van der Waals surface area contributed by atoms with Gasteiger partial charge in [0.2, 0.25) is 5.91 Å². The number of amides is 1. The fourth-order valence-corrected chi connectivity index (χ4v) is 3.87. The van der Waals surface area contributed by atoms with E-state index in [4.69, 9.17) is 0 Å². The first-order chi connectivity index (χ1) is 8.50. The molecule has 0 saturated carbocycles. The van der Waals surface area contributed by atoms with Crippen LogP contribution >= 0.6 is 0 Å². The Balaban J connectivity index is 2.29. The maximum Gasteiger partial charge on any atom is 0.221 e. The van der Waals surface area contributed by atoms with Gasteiger partial charge in [0.25, 0.3) is 0 Å². The largest absolute Gasteiger partial charge is 0.356 e. The summed E-state index contributed by atoms with van der Waals surface area (Å²) in [5, 5.41) is 2.11. The van der Waals surface area contributed by atoms with Crippen LogP contribution in [0.1, 0.15) is 24.8 Å². The number of hydrogen-bond donors (Lipinski definition) is 1. The monoisotopic (exact) mass is 267 g/mol. The van der Waals surface area contributed by atoms with E-state index in [1.165, 1.54) is 0 Å². The van der Waals surface area contributed by atoms with Crippen LogP contribution in [0.4, 0.5) is 0 Å². The average molecular weight is 267 g/mol. The first-order valence-electron chi connectivity index (χ1n) is 6.07. The summed E-state index contributed by atoms with van der Waals surface area (Å²) in [5.41, 5.74) is 1.02. The standard InChI is InChI=1S/C13H17NO3S/c1-10-4-6-11(7-5-10)18(16,17)12-3-2-8-14-13(15)9-12/h4-7,12H,2-3,8-9H2,1H3,(H,14,15). The predicted molar refractivity (Wildman–Crippen MR) is 69.0 cm³/mol. The molecule has 1 unspecified atom stereocenters. The Labute approximate surface area is 107 Å². The maximum absolute atomic E-state index is 12.4. The van der Waals surface area contributed by atoms with Crippen LogP contribution < -0.4 is 5.32 Å². The van der Waals surface area contributed by atoms with Crippen LogP contribution in [0.5, 0.6) is 0 Å². The van der Waals surface area contributed by atoms with Crippen LogP contribution in [0.3, 0.4) is 0 Å². The van der Waals surface area contributed by atoms with E-state index in [1.807, 2.05) is 6.92 Å². The highest BCUT2D eigenvalue weighted by atomic mass is 32.2. The van der Waals surface area contributed by atoms with Gasteiger partial charge in [-0.05, 0) is 31.9 Å². The number of carbonyl (C=O) groups is 1. The lowest BCUT2D eigenvalue weighted by atomic mass is 10.2. The third-order valence-corrected chi connectivity index (χ3v) is 5.44. The van der Waals surface area contributed by atoms with Crippen molar-refractivity contribution < 1.29 is 13.2 Å². The summed E-state index contributed by atoms with van der Waals surface area (Å²) in [6.07, 6.45) is 1.31. The van der Waals surface area contributed by atoms with E-state index in [-0.39, 0.29) is 12.3 Å². The van der Waals surface area contributed by atoms with E-state index in [2.05, 4.69) is 5.32 Å². The number of rotatable bonds is 2. The Morgan fingerprint density at radius 3 is 2.56 bits per heavy atom. The van der Waals surface area contributed by atoms with Gasteiger partial charge >= 0.3 is 0 Å². The van der Waals surface area contributed by atoms with Gasteiger partial charge in [0.05, 0.1) is 10.1 Å². The Hall–Kier alpha value is -1.36. The first-order valence-corrected chi connectivity index (χ1v) is 7.62. The molecule has 0 bridgehead atoms. The van der Waals surface area contributed by atoms with Crippen LogP contribution in [-0.4, -0.2) is 26.1 Å². The molecule has 1 amide bonds. The van der Waals surface area contributed by atoms with Crippen molar-refractivity contribution in [1.29, 1.82) is 0 Å². The molecule has 1 N–H and O–H groups in total. The number of hydrogen-bond acceptors (Lipinski definition) is 3. The molecule has 5 heteroatoms. The summed E-state index contributed by atoms with van der Waals surface area (Å²) < 4.78 is 24.8. The maximum atomic E-state index is 12.4. The van der Waals surface area contributed by atoms with Gasteiger partial charge < -0.3 is 5.32 Å². The van der Waals surface area contributed by atoms with Gasteiger partial charge in [0, 0.05) is 13.0 Å². The van der Waals surface area contributed by atoms with Crippen molar-refractivity contribution >= 4 is 15.7 Å². The van der Waals surface area contributed by atoms with Crippen LogP contribution in [-0.2, 0) is 14.6 Å². The number of sulfone groups is 1. The van der Waals surface area contributed by atoms with Gasteiger partial charge in [0.1, 0.15) is 0 Å². The summed E-state index contributed by atoms with van der Waals surface area (Å²) in [6.45, 7) is 2.48. The van der Waals surface area contributed by atoms with Gasteiger partial charge in [-0.2, -0.15) is 0 Å². The molecule has 0 aromatic heterocycles. The second-order valence-electron chi connectivity index (χ2n) is 4.68. The molecule has 1 aliphatic rings. The van der Waals surface area contributed by atoms with Gasteiger partial charge in [-0.25, -0.2) is 8.42 Å². The Bertz CT molecular complexity index is 534. The fourth-order valence-electron chi connectivity index (χ4n) is 2.12. The molecule has 1 aromatic carbocycles. The lowest BCUT2D eigenvalue weighted by Gasteiger charge is -2.14. The van der Waals surface area contributed by atoms with Gasteiger partial charge in [-0.1, -0.05) is 17.7 Å². The molecule has 0 aliphatic carbocycles. The summed E-state index contributed by atoms with van der Waals surface area (Å²) in [5.74, 6) is -0.173. The number of benzene rings is 1. The minimum absolute atomic E-state index is 0.0657. The fraction of sp³-hybridized carbons (Fsp3) is 0.462. The number of aryl methyl sites for hydroxylation is 1. The lowest BCUT2D eigenvalue weighted by molar-refractivity contribution is -0.120. The molecule has 1 aromatic rings. The summed E-state index contributed by atoms with van der Waals surface area (Å²) >= 11 is 0. The topological polar surface area (TPSA) is 63.2 Å². The van der Waals surface area contributed by atoms with Crippen LogP contribution in [0.15, 0.2) is 29.2 Å². The van der Waals surface area contributed by atoms with Gasteiger partial charge in [-0.3, -0.25) is 4.79 Å². The van der Waals surface area contributed by atoms with Crippen molar-refractivity contribution in [2.75, 3.05) is 6.54 Å². The minimum Gasteiger partial charge on any atom is -0.356 e. The molecule has 0 spiro atoms. The molecule has 18 heavy (non-hydrogen) atoms. The molecular weight excluding hydrogens is 250 g/mol. The predicted octanol–water partition coefficient (Wildman–Crippen LogP) is 1.44. The van der Waals surface area contributed by atoms with Crippen molar-refractivity contribution in [2.24, 2.45) is 0 Å². The molecule has 1 atom stereocenters. The van der Waals surface area contributed by atoms with E-state index in [0.717, 1.165) is 5.56 Å². The average Bonchev–Trinajstić information content (AvgIpc) is 2.55. The van der Waals surface area contributed by atoms with Crippen LogP contribution in [0.25, 0.3) is 0 Å². The normalized spacial score (nSPS) is 21.2. The zero-order valence-corrected chi connectivity index (χ0v) is 11.2. The molecule has 1 fully saturated rings. The molecule has 1 saturated heterocycles. The van der Waals surface area contributed by atoms with Crippen LogP contribution in [0.2, 0.25) is 0 Å². The highest BCUT2D eigenvalue weighted by Crippen LogP contribution is 2.23. The van der Waals surface area contributed by atoms with Crippen LogP contribution in [0, 0.1) is 6.92 Å². The zero-order chi connectivity index (χ0) is 13.2. The highest BCUT2D eigenvalue weighted by molar-refractivity contribution is 7.92. The molecule has 4 nitrogen and oxygen atoms in total. The minimum atomic E-state index is -3.40. The second-order valence-corrected chi connectivity index (χ2v) is 6.90. The quantitative estimate of drug-likeness (QED) is 0.882. The highest BCUT2D eigenvalue weighted by Gasteiger charge is 2.30. The van der Waals surface area contributed by atoms with Crippen molar-refractivity contribution in [1.82, 2.24) is 5.32 Å². The Kier molecular flexibility index (Phi) is 3.71. The molecule has 1 aliphatic heterocycles. The molecule has 1 heterocycles. The summed E-state index contributed by atoms with van der Waals surface area (Å²) in [6, 6.07) is 6.80. The third-order valence-electron chi connectivity index (χ3n) is 3.23. The Morgan fingerprint density at radius 1 is 1.22 bits per heavy atom.